The summed E-state index contributed by atoms with van der Waals surface area (Å²) >= 11 is 0. The third kappa shape index (κ3) is 4.81. The van der Waals surface area contributed by atoms with Crippen LogP contribution in [0.5, 0.6) is 0 Å². The van der Waals surface area contributed by atoms with Crippen molar-refractivity contribution >= 4 is 65.4 Å². The van der Waals surface area contributed by atoms with Crippen LogP contribution in [0.3, 0.4) is 0 Å². The molecule has 0 radical (unpaired) electrons. The first kappa shape index (κ1) is 31.5. The summed E-state index contributed by atoms with van der Waals surface area (Å²) in [6, 6.07) is 64.4. The third-order valence-electron chi connectivity index (χ3n) is 11.3. The van der Waals surface area contributed by atoms with Crippen LogP contribution in [0.2, 0.25) is 0 Å². The number of rotatable bonds is 5. The molecule has 12 rings (SSSR count). The normalized spacial score (nSPS) is 11.9. The Bertz CT molecular complexity index is 3450. The number of fused-ring (bicyclic) bond motifs is 9. The first-order chi connectivity index (χ1) is 28.3. The lowest BCUT2D eigenvalue weighted by Crippen LogP contribution is -2.04. The highest BCUT2D eigenvalue weighted by Gasteiger charge is 2.21. The summed E-state index contributed by atoms with van der Waals surface area (Å²) in [6.07, 6.45) is 3.86. The fourth-order valence-corrected chi connectivity index (χ4v) is 8.82. The summed E-state index contributed by atoms with van der Waals surface area (Å²) in [5.74, 6) is 0.638. The minimum absolute atomic E-state index is 0.638. The Kier molecular flexibility index (Phi) is 6.83. The topological polar surface area (TPSA) is 53.5 Å². The molecular weight excluding hydrogens is 697 g/mol. The van der Waals surface area contributed by atoms with Gasteiger partial charge in [0.05, 0.1) is 50.7 Å². The van der Waals surface area contributed by atoms with Crippen molar-refractivity contribution in [2.45, 2.75) is 0 Å². The summed E-state index contributed by atoms with van der Waals surface area (Å²) in [5.41, 5.74) is 12.7. The number of benzene rings is 7. The first-order valence-electron chi connectivity index (χ1n) is 19.2. The molecule has 0 atom stereocenters. The molecule has 0 unspecified atom stereocenters. The highest BCUT2D eigenvalue weighted by atomic mass is 15.2. The molecule has 6 heteroatoms. The van der Waals surface area contributed by atoms with E-state index in [1.54, 1.807) is 0 Å². The lowest BCUT2D eigenvalue weighted by atomic mass is 10.1. The van der Waals surface area contributed by atoms with Crippen LogP contribution < -0.4 is 0 Å². The average Bonchev–Trinajstić information content (AvgIpc) is 3.91. The van der Waals surface area contributed by atoms with E-state index in [4.69, 9.17) is 9.97 Å². The molecule has 0 bridgehead atoms. The molecule has 0 N–H and O–H groups in total. The Balaban J connectivity index is 1.14. The molecule has 0 saturated heterocycles. The molecule has 0 aliphatic carbocycles. The first-order valence-corrected chi connectivity index (χ1v) is 19.2. The molecule has 12 aromatic rings. The maximum absolute atomic E-state index is 5.28. The van der Waals surface area contributed by atoms with Crippen molar-refractivity contribution in [2.75, 3.05) is 0 Å². The Morgan fingerprint density at radius 1 is 0.316 bits per heavy atom. The minimum atomic E-state index is 0.638. The Morgan fingerprint density at radius 2 is 0.807 bits per heavy atom. The molecule has 0 amide bonds. The molecule has 0 aliphatic heterocycles. The van der Waals surface area contributed by atoms with Gasteiger partial charge in [-0.05, 0) is 66.7 Å². The van der Waals surface area contributed by atoms with Crippen molar-refractivity contribution in [3.63, 3.8) is 0 Å². The van der Waals surface area contributed by atoms with Crippen LogP contribution in [0.15, 0.2) is 194 Å². The maximum Gasteiger partial charge on any atom is 0.235 e. The quantitative estimate of drug-likeness (QED) is 0.177. The summed E-state index contributed by atoms with van der Waals surface area (Å²) in [4.78, 5) is 15.1. The molecule has 7 aromatic carbocycles. The van der Waals surface area contributed by atoms with Gasteiger partial charge in [-0.2, -0.15) is 0 Å². The number of hydrogen-bond donors (Lipinski definition) is 0. The second-order valence-corrected chi connectivity index (χ2v) is 14.5. The smallest absolute Gasteiger partial charge is 0.235 e. The second-order valence-electron chi connectivity index (χ2n) is 14.5. The Labute approximate surface area is 327 Å². The number of para-hydroxylation sites is 3. The van der Waals surface area contributed by atoms with E-state index in [1.807, 2.05) is 24.5 Å². The minimum Gasteiger partial charge on any atom is -0.309 e. The monoisotopic (exact) mass is 728 g/mol. The van der Waals surface area contributed by atoms with Crippen LogP contribution in [-0.2, 0) is 0 Å². The predicted molar refractivity (Wildman–Crippen MR) is 234 cm³/mol. The maximum atomic E-state index is 5.28. The molecular formula is C51H32N6. The van der Waals surface area contributed by atoms with Crippen molar-refractivity contribution in [1.82, 2.24) is 28.7 Å². The van der Waals surface area contributed by atoms with Gasteiger partial charge in [-0.25, -0.2) is 9.97 Å². The van der Waals surface area contributed by atoms with Gasteiger partial charge >= 0.3 is 0 Å². The number of aromatic nitrogens is 6. The van der Waals surface area contributed by atoms with E-state index in [0.29, 0.717) is 5.95 Å². The summed E-state index contributed by atoms with van der Waals surface area (Å²) in [5, 5.41) is 7.00. The van der Waals surface area contributed by atoms with E-state index in [0.717, 1.165) is 77.8 Å². The zero-order valence-corrected chi connectivity index (χ0v) is 30.7. The van der Waals surface area contributed by atoms with Crippen molar-refractivity contribution in [1.29, 1.82) is 0 Å². The largest absolute Gasteiger partial charge is 0.309 e. The average molecular weight is 729 g/mol. The second kappa shape index (κ2) is 12.3. The highest BCUT2D eigenvalue weighted by Crippen LogP contribution is 2.41. The predicted octanol–water partition coefficient (Wildman–Crippen LogP) is 12.5. The summed E-state index contributed by atoms with van der Waals surface area (Å²) < 4.78 is 6.97. The highest BCUT2D eigenvalue weighted by molar-refractivity contribution is 6.19. The van der Waals surface area contributed by atoms with Crippen molar-refractivity contribution in [3.8, 4) is 39.8 Å². The number of nitrogens with zero attached hydrogens (tertiary/aromatic N) is 6. The fourth-order valence-electron chi connectivity index (χ4n) is 8.82. The van der Waals surface area contributed by atoms with E-state index in [1.165, 1.54) is 21.5 Å². The van der Waals surface area contributed by atoms with Gasteiger partial charge in [0.2, 0.25) is 5.95 Å². The van der Waals surface area contributed by atoms with Gasteiger partial charge in [-0.3, -0.25) is 9.55 Å². The van der Waals surface area contributed by atoms with Gasteiger partial charge in [0.1, 0.15) is 0 Å². The zero-order valence-electron chi connectivity index (χ0n) is 30.7. The van der Waals surface area contributed by atoms with Crippen molar-refractivity contribution < 1.29 is 0 Å². The summed E-state index contributed by atoms with van der Waals surface area (Å²) in [7, 11) is 0. The lowest BCUT2D eigenvalue weighted by molar-refractivity contribution is 0.996. The molecule has 0 fully saturated rings. The van der Waals surface area contributed by atoms with Crippen LogP contribution in [0.25, 0.3) is 105 Å². The van der Waals surface area contributed by atoms with Gasteiger partial charge in [-0.15, -0.1) is 0 Å². The molecule has 57 heavy (non-hydrogen) atoms. The summed E-state index contributed by atoms with van der Waals surface area (Å²) in [6.45, 7) is 0. The van der Waals surface area contributed by atoms with E-state index in [-0.39, 0.29) is 0 Å². The van der Waals surface area contributed by atoms with Crippen LogP contribution in [0.4, 0.5) is 0 Å². The van der Waals surface area contributed by atoms with Crippen LogP contribution in [-0.4, -0.2) is 28.7 Å². The van der Waals surface area contributed by atoms with Crippen LogP contribution in [0.1, 0.15) is 0 Å². The van der Waals surface area contributed by atoms with E-state index in [9.17, 15) is 0 Å². The van der Waals surface area contributed by atoms with Gasteiger partial charge in [0.15, 0.2) is 0 Å². The van der Waals surface area contributed by atoms with Gasteiger partial charge < -0.3 is 9.13 Å². The molecule has 0 saturated carbocycles. The van der Waals surface area contributed by atoms with Gasteiger partial charge in [-0.1, -0.05) is 115 Å². The molecule has 0 aliphatic rings. The Morgan fingerprint density at radius 3 is 1.46 bits per heavy atom. The lowest BCUT2D eigenvalue weighted by Gasteiger charge is -2.12. The molecule has 5 heterocycles. The van der Waals surface area contributed by atoms with Crippen LogP contribution >= 0.6 is 0 Å². The van der Waals surface area contributed by atoms with E-state index in [2.05, 4.69) is 189 Å². The third-order valence-corrected chi connectivity index (χ3v) is 11.3. The number of pyridine rings is 1. The van der Waals surface area contributed by atoms with Crippen LogP contribution in [0, 0.1) is 0 Å². The number of hydrogen-bond acceptors (Lipinski definition) is 3. The zero-order chi connectivity index (χ0) is 37.5. The molecule has 5 aromatic heterocycles. The van der Waals surface area contributed by atoms with E-state index >= 15 is 0 Å². The standard InChI is InChI=1S/C51H32N6/c1-4-14-33(15-5-1)43-31-44(34-16-6-2-7-17-34)54-51(53-43)57-46-23-13-11-21-38(46)42-29-48-41(30-49(42)57)37-20-10-12-22-45(37)56(48)36-24-25-47-40(28-36)39-26-27-52-32-50(39)55(47)35-18-8-3-9-19-35/h1-32H. The van der Waals surface area contributed by atoms with Crippen molar-refractivity contribution in [2.24, 2.45) is 0 Å². The van der Waals surface area contributed by atoms with Gasteiger partial charge in [0, 0.05) is 61.0 Å². The molecule has 266 valence electrons. The van der Waals surface area contributed by atoms with Crippen molar-refractivity contribution in [3.05, 3.63) is 194 Å². The molecule has 0 spiro atoms. The SMILES string of the molecule is c1ccc(-c2cc(-c3ccccc3)nc(-n3c4ccccc4c4cc5c(cc43)c3ccccc3n5-c3ccc4c(c3)c3ccncc3n4-c3ccccc3)n2)cc1. The molecule has 6 nitrogen and oxygen atoms in total. The van der Waals surface area contributed by atoms with Gasteiger partial charge in [0.25, 0.3) is 0 Å². The Hall–Kier alpha value is -7.83. The fraction of sp³-hybridized carbons (Fsp3) is 0. The van der Waals surface area contributed by atoms with E-state index < -0.39 is 0 Å².